The molecular weight excluding hydrogens is 260 g/mol. The number of carbonyl (C=O) groups is 3. The largest absolute Gasteiger partial charge is 0.481 e. The lowest BCUT2D eigenvalue weighted by atomic mass is 10.2. The molecule has 1 fully saturated rings. The van der Waals surface area contributed by atoms with Crippen LogP contribution in [0.2, 0.25) is 0 Å². The second kappa shape index (κ2) is 8.55. The SMILES string of the molecule is CCCCN(C(=O)NC(=O)CCCCC(=O)O)C1CC1. The number of carbonyl (C=O) groups excluding carboxylic acids is 2. The molecule has 1 aliphatic carbocycles. The highest BCUT2D eigenvalue weighted by Gasteiger charge is 2.32. The van der Waals surface area contributed by atoms with E-state index in [4.69, 9.17) is 5.11 Å². The normalized spacial score (nSPS) is 13.8. The van der Waals surface area contributed by atoms with Gasteiger partial charge < -0.3 is 10.0 Å². The quantitative estimate of drug-likeness (QED) is 0.635. The molecule has 6 nitrogen and oxygen atoms in total. The number of imide groups is 1. The maximum absolute atomic E-state index is 12.0. The van der Waals surface area contributed by atoms with Gasteiger partial charge in [-0.1, -0.05) is 13.3 Å². The Kier molecular flexibility index (Phi) is 7.04. The number of nitrogens with one attached hydrogen (secondary N) is 1. The van der Waals surface area contributed by atoms with Crippen LogP contribution in [0.15, 0.2) is 0 Å². The van der Waals surface area contributed by atoms with Crippen LogP contribution in [0, 0.1) is 0 Å². The fraction of sp³-hybridized carbons (Fsp3) is 0.786. The van der Waals surface area contributed by atoms with Crippen LogP contribution in [-0.2, 0) is 9.59 Å². The number of unbranched alkanes of at least 4 members (excludes halogenated alkanes) is 2. The highest BCUT2D eigenvalue weighted by atomic mass is 16.4. The number of hydrogen-bond acceptors (Lipinski definition) is 3. The molecule has 0 saturated heterocycles. The van der Waals surface area contributed by atoms with E-state index < -0.39 is 5.97 Å². The standard InChI is InChI=1S/C14H24N2O4/c1-2-3-10-16(11-8-9-11)14(20)15-12(17)6-4-5-7-13(18)19/h11H,2-10H2,1H3,(H,18,19)(H,15,17,20). The van der Waals surface area contributed by atoms with Crippen molar-refractivity contribution < 1.29 is 19.5 Å². The molecule has 0 aromatic heterocycles. The second-order valence-electron chi connectivity index (χ2n) is 5.23. The van der Waals surface area contributed by atoms with Crippen molar-refractivity contribution in [3.8, 4) is 0 Å². The van der Waals surface area contributed by atoms with Crippen LogP contribution >= 0.6 is 0 Å². The Morgan fingerprint density at radius 3 is 2.35 bits per heavy atom. The third-order valence-corrected chi connectivity index (χ3v) is 3.29. The predicted octanol–water partition coefficient (Wildman–Crippen LogP) is 2.13. The van der Waals surface area contributed by atoms with Crippen LogP contribution < -0.4 is 5.32 Å². The maximum atomic E-state index is 12.0. The van der Waals surface area contributed by atoms with E-state index in [0.29, 0.717) is 25.4 Å². The summed E-state index contributed by atoms with van der Waals surface area (Å²) in [4.78, 5) is 35.7. The van der Waals surface area contributed by atoms with Gasteiger partial charge >= 0.3 is 12.0 Å². The van der Waals surface area contributed by atoms with Gasteiger partial charge in [-0.3, -0.25) is 14.9 Å². The number of rotatable bonds is 9. The zero-order chi connectivity index (χ0) is 15.0. The van der Waals surface area contributed by atoms with Gasteiger partial charge in [0.15, 0.2) is 0 Å². The Morgan fingerprint density at radius 2 is 1.80 bits per heavy atom. The van der Waals surface area contributed by atoms with E-state index in [1.165, 1.54) is 0 Å². The molecule has 20 heavy (non-hydrogen) atoms. The number of hydrogen-bond donors (Lipinski definition) is 2. The van der Waals surface area contributed by atoms with E-state index in [2.05, 4.69) is 12.2 Å². The molecule has 0 bridgehead atoms. The first-order chi connectivity index (χ1) is 9.54. The zero-order valence-corrected chi connectivity index (χ0v) is 12.1. The molecule has 1 aliphatic rings. The van der Waals surface area contributed by atoms with E-state index in [1.807, 2.05) is 0 Å². The van der Waals surface area contributed by atoms with E-state index in [-0.39, 0.29) is 24.8 Å². The van der Waals surface area contributed by atoms with Crippen LogP contribution in [0.25, 0.3) is 0 Å². The van der Waals surface area contributed by atoms with Gasteiger partial charge in [0.1, 0.15) is 0 Å². The Hall–Kier alpha value is -1.59. The molecule has 0 atom stereocenters. The summed E-state index contributed by atoms with van der Waals surface area (Å²) in [6.45, 7) is 2.76. The van der Waals surface area contributed by atoms with Gasteiger partial charge in [0.2, 0.25) is 5.91 Å². The number of aliphatic carboxylic acids is 1. The van der Waals surface area contributed by atoms with Crippen molar-refractivity contribution in [3.63, 3.8) is 0 Å². The van der Waals surface area contributed by atoms with Gasteiger partial charge in [0.25, 0.3) is 0 Å². The zero-order valence-electron chi connectivity index (χ0n) is 12.1. The summed E-state index contributed by atoms with van der Waals surface area (Å²) in [6.07, 6.45) is 5.20. The van der Waals surface area contributed by atoms with Crippen molar-refractivity contribution in [3.05, 3.63) is 0 Å². The van der Waals surface area contributed by atoms with Crippen molar-refractivity contribution in [1.82, 2.24) is 10.2 Å². The smallest absolute Gasteiger partial charge is 0.324 e. The first kappa shape index (κ1) is 16.5. The highest BCUT2D eigenvalue weighted by molar-refractivity contribution is 5.94. The molecule has 6 heteroatoms. The highest BCUT2D eigenvalue weighted by Crippen LogP contribution is 2.27. The first-order valence-corrected chi connectivity index (χ1v) is 7.36. The van der Waals surface area contributed by atoms with Gasteiger partial charge in [-0.15, -0.1) is 0 Å². The third-order valence-electron chi connectivity index (χ3n) is 3.29. The Morgan fingerprint density at radius 1 is 1.15 bits per heavy atom. The van der Waals surface area contributed by atoms with Crippen molar-refractivity contribution in [1.29, 1.82) is 0 Å². The fourth-order valence-electron chi connectivity index (χ4n) is 1.98. The molecule has 0 unspecified atom stereocenters. The van der Waals surface area contributed by atoms with Gasteiger partial charge in [-0.05, 0) is 32.1 Å². The Bertz CT molecular complexity index is 353. The van der Waals surface area contributed by atoms with Gasteiger partial charge in [-0.25, -0.2) is 4.79 Å². The van der Waals surface area contributed by atoms with Crippen LogP contribution in [0.5, 0.6) is 0 Å². The number of amides is 3. The lowest BCUT2D eigenvalue weighted by molar-refractivity contribution is -0.137. The monoisotopic (exact) mass is 284 g/mol. The molecule has 0 heterocycles. The molecular formula is C14H24N2O4. The molecule has 0 aromatic carbocycles. The number of carboxylic acid groups (broad SMARTS) is 1. The summed E-state index contributed by atoms with van der Waals surface area (Å²) in [6, 6.07) is -0.00875. The molecule has 1 saturated carbocycles. The van der Waals surface area contributed by atoms with Gasteiger partial charge in [0.05, 0.1) is 0 Å². The van der Waals surface area contributed by atoms with Gasteiger partial charge in [-0.2, -0.15) is 0 Å². The summed E-state index contributed by atoms with van der Waals surface area (Å²) >= 11 is 0. The van der Waals surface area contributed by atoms with E-state index >= 15 is 0 Å². The Balaban J connectivity index is 2.24. The molecule has 2 N–H and O–H groups in total. The molecule has 0 aliphatic heterocycles. The van der Waals surface area contributed by atoms with Crippen LogP contribution in [0.3, 0.4) is 0 Å². The minimum atomic E-state index is -0.860. The fourth-order valence-corrected chi connectivity index (χ4v) is 1.98. The first-order valence-electron chi connectivity index (χ1n) is 7.36. The Labute approximate surface area is 119 Å². The van der Waals surface area contributed by atoms with E-state index in [9.17, 15) is 14.4 Å². The molecule has 1 rings (SSSR count). The maximum Gasteiger partial charge on any atom is 0.324 e. The summed E-state index contributed by atoms with van der Waals surface area (Å²) in [5.41, 5.74) is 0. The minimum absolute atomic E-state index is 0.0614. The summed E-state index contributed by atoms with van der Waals surface area (Å²) in [7, 11) is 0. The van der Waals surface area contributed by atoms with Crippen LogP contribution in [-0.4, -0.2) is 40.5 Å². The van der Waals surface area contributed by atoms with Crippen LogP contribution in [0.1, 0.15) is 58.3 Å². The molecule has 3 amide bonds. The lowest BCUT2D eigenvalue weighted by Crippen LogP contribution is -2.44. The molecule has 0 spiro atoms. The average Bonchev–Trinajstić information content (AvgIpc) is 3.19. The average molecular weight is 284 g/mol. The third kappa shape index (κ3) is 6.54. The van der Waals surface area contributed by atoms with Crippen molar-refractivity contribution in [2.24, 2.45) is 0 Å². The van der Waals surface area contributed by atoms with E-state index in [1.54, 1.807) is 4.90 Å². The number of carboxylic acids is 1. The van der Waals surface area contributed by atoms with Gasteiger partial charge in [0, 0.05) is 25.4 Å². The molecule has 0 aromatic rings. The van der Waals surface area contributed by atoms with Crippen molar-refractivity contribution >= 4 is 17.9 Å². The summed E-state index contributed by atoms with van der Waals surface area (Å²) < 4.78 is 0. The lowest BCUT2D eigenvalue weighted by Gasteiger charge is -2.22. The molecule has 0 radical (unpaired) electrons. The van der Waals surface area contributed by atoms with Crippen LogP contribution in [0.4, 0.5) is 4.79 Å². The summed E-state index contributed by atoms with van der Waals surface area (Å²) in [5, 5.41) is 10.9. The molecule has 114 valence electrons. The number of urea groups is 1. The number of nitrogens with zero attached hydrogens (tertiary/aromatic N) is 1. The van der Waals surface area contributed by atoms with Crippen molar-refractivity contribution in [2.75, 3.05) is 6.54 Å². The van der Waals surface area contributed by atoms with E-state index in [0.717, 1.165) is 25.7 Å². The topological polar surface area (TPSA) is 86.7 Å². The second-order valence-corrected chi connectivity index (χ2v) is 5.23. The summed E-state index contributed by atoms with van der Waals surface area (Å²) in [5.74, 6) is -1.18. The predicted molar refractivity (Wildman–Crippen MR) is 74.3 cm³/mol. The van der Waals surface area contributed by atoms with Crippen molar-refractivity contribution in [2.45, 2.75) is 64.3 Å². The minimum Gasteiger partial charge on any atom is -0.481 e.